The molecule has 4 nitrogen and oxygen atoms in total. The number of carbonyl (C=O) groups excluding carboxylic acids is 2. The van der Waals surface area contributed by atoms with Crippen molar-refractivity contribution in [3.63, 3.8) is 0 Å². The third-order valence-corrected chi connectivity index (χ3v) is 1.80. The molecule has 0 spiro atoms. The average molecular weight is 312 g/mol. The predicted molar refractivity (Wildman–Crippen MR) is 60.2 cm³/mol. The van der Waals surface area contributed by atoms with Crippen LogP contribution in [0.3, 0.4) is 0 Å². The van der Waals surface area contributed by atoms with E-state index in [-0.39, 0.29) is 12.6 Å². The zero-order valence-electron chi connectivity index (χ0n) is 7.83. The van der Waals surface area contributed by atoms with E-state index in [0.717, 1.165) is 10.5 Å². The molecule has 0 aliphatic carbocycles. The van der Waals surface area contributed by atoms with Crippen molar-refractivity contribution in [3.8, 4) is 0 Å². The fourth-order valence-corrected chi connectivity index (χ4v) is 1.07. The standard InChI is InChI=1S/C9H13IO4/c1-2-8(11)13-6-3-7-14-9(12)4-5-10/h2H,1,3-7H2. The second-order valence-corrected chi connectivity index (χ2v) is 3.46. The maximum atomic E-state index is 10.8. The van der Waals surface area contributed by atoms with Crippen molar-refractivity contribution in [2.75, 3.05) is 17.6 Å². The summed E-state index contributed by atoms with van der Waals surface area (Å²) in [6.45, 7) is 3.80. The highest BCUT2D eigenvalue weighted by Crippen LogP contribution is 1.94. The fraction of sp³-hybridized carbons (Fsp3) is 0.556. The van der Waals surface area contributed by atoms with Gasteiger partial charge in [-0.15, -0.1) is 0 Å². The van der Waals surface area contributed by atoms with E-state index in [1.807, 2.05) is 0 Å². The van der Waals surface area contributed by atoms with Gasteiger partial charge in [-0.2, -0.15) is 0 Å². The van der Waals surface area contributed by atoms with E-state index in [1.54, 1.807) is 0 Å². The van der Waals surface area contributed by atoms with Crippen LogP contribution in [0.5, 0.6) is 0 Å². The first kappa shape index (κ1) is 13.4. The smallest absolute Gasteiger partial charge is 0.330 e. The summed E-state index contributed by atoms with van der Waals surface area (Å²) in [5.74, 6) is -0.668. The Morgan fingerprint density at radius 2 is 1.93 bits per heavy atom. The van der Waals surface area contributed by atoms with Crippen LogP contribution in [0.4, 0.5) is 0 Å². The molecule has 0 radical (unpaired) electrons. The highest BCUT2D eigenvalue weighted by molar-refractivity contribution is 14.1. The molecule has 0 aliphatic heterocycles. The van der Waals surface area contributed by atoms with Crippen LogP contribution in [0, 0.1) is 0 Å². The minimum atomic E-state index is -0.455. The molecule has 0 aromatic rings. The summed E-state index contributed by atoms with van der Waals surface area (Å²) < 4.78 is 10.3. The van der Waals surface area contributed by atoms with Gasteiger partial charge in [0.1, 0.15) is 0 Å². The van der Waals surface area contributed by atoms with E-state index in [2.05, 4.69) is 33.9 Å². The van der Waals surface area contributed by atoms with Gasteiger partial charge in [-0.25, -0.2) is 4.79 Å². The van der Waals surface area contributed by atoms with Crippen LogP contribution in [0.2, 0.25) is 0 Å². The Kier molecular flexibility index (Phi) is 8.61. The molecule has 0 saturated heterocycles. The van der Waals surface area contributed by atoms with E-state index in [9.17, 15) is 9.59 Å². The Balaban J connectivity index is 3.25. The molecule has 0 unspecified atom stereocenters. The van der Waals surface area contributed by atoms with Crippen LogP contribution < -0.4 is 0 Å². The van der Waals surface area contributed by atoms with Crippen molar-refractivity contribution in [3.05, 3.63) is 12.7 Å². The second-order valence-electron chi connectivity index (χ2n) is 2.38. The van der Waals surface area contributed by atoms with E-state index >= 15 is 0 Å². The van der Waals surface area contributed by atoms with Crippen LogP contribution in [-0.4, -0.2) is 29.6 Å². The number of halogens is 1. The SMILES string of the molecule is C=CC(=O)OCCCOC(=O)CCI. The number of carbonyl (C=O) groups is 2. The molecule has 0 heterocycles. The Bertz CT molecular complexity index is 203. The first-order valence-electron chi connectivity index (χ1n) is 4.21. The summed E-state index contributed by atoms with van der Waals surface area (Å²) in [6.07, 6.45) is 2.04. The van der Waals surface area contributed by atoms with Crippen molar-refractivity contribution >= 4 is 34.5 Å². The normalized spacial score (nSPS) is 9.21. The third kappa shape index (κ3) is 8.03. The van der Waals surface area contributed by atoms with Crippen LogP contribution in [0.25, 0.3) is 0 Å². The Morgan fingerprint density at radius 3 is 2.50 bits per heavy atom. The van der Waals surface area contributed by atoms with Crippen LogP contribution in [0.15, 0.2) is 12.7 Å². The molecule has 0 rings (SSSR count). The zero-order valence-corrected chi connectivity index (χ0v) is 9.99. The summed E-state index contributed by atoms with van der Waals surface area (Å²) in [6, 6.07) is 0. The molecule has 14 heavy (non-hydrogen) atoms. The summed E-state index contributed by atoms with van der Waals surface area (Å²) in [4.78, 5) is 21.4. The molecule has 0 amide bonds. The lowest BCUT2D eigenvalue weighted by atomic mass is 10.4. The maximum Gasteiger partial charge on any atom is 0.330 e. The number of ether oxygens (including phenoxy) is 2. The molecule has 5 heteroatoms. The van der Waals surface area contributed by atoms with Gasteiger partial charge in [0, 0.05) is 16.9 Å². The molecule has 0 aromatic carbocycles. The summed E-state index contributed by atoms with van der Waals surface area (Å²) in [7, 11) is 0. The highest BCUT2D eigenvalue weighted by Gasteiger charge is 2.00. The monoisotopic (exact) mass is 312 g/mol. The summed E-state index contributed by atoms with van der Waals surface area (Å²) in [5, 5.41) is 0. The fourth-order valence-electron chi connectivity index (χ4n) is 0.626. The van der Waals surface area contributed by atoms with Crippen molar-refractivity contribution in [1.82, 2.24) is 0 Å². The molecule has 0 saturated carbocycles. The van der Waals surface area contributed by atoms with Crippen molar-refractivity contribution < 1.29 is 19.1 Å². The van der Waals surface area contributed by atoms with Crippen molar-refractivity contribution in [2.24, 2.45) is 0 Å². The van der Waals surface area contributed by atoms with Gasteiger partial charge < -0.3 is 9.47 Å². The topological polar surface area (TPSA) is 52.6 Å². The molecule has 80 valence electrons. The lowest BCUT2D eigenvalue weighted by Gasteiger charge is -2.03. The highest BCUT2D eigenvalue weighted by atomic mass is 127. The quantitative estimate of drug-likeness (QED) is 0.235. The molecule has 0 aromatic heterocycles. The first-order valence-corrected chi connectivity index (χ1v) is 5.74. The minimum absolute atomic E-state index is 0.213. The van der Waals surface area contributed by atoms with Gasteiger partial charge >= 0.3 is 11.9 Å². The Labute approximate surface area is 96.8 Å². The van der Waals surface area contributed by atoms with Gasteiger partial charge in [0.15, 0.2) is 0 Å². The van der Waals surface area contributed by atoms with Crippen LogP contribution in [-0.2, 0) is 19.1 Å². The summed E-state index contributed by atoms with van der Waals surface area (Å²) >= 11 is 2.10. The van der Waals surface area contributed by atoms with Crippen molar-refractivity contribution in [2.45, 2.75) is 12.8 Å². The number of alkyl halides is 1. The number of hydrogen-bond donors (Lipinski definition) is 0. The number of hydrogen-bond acceptors (Lipinski definition) is 4. The number of esters is 2. The van der Waals surface area contributed by atoms with E-state index in [0.29, 0.717) is 19.4 Å². The largest absolute Gasteiger partial charge is 0.466 e. The lowest BCUT2D eigenvalue weighted by molar-refractivity contribution is -0.144. The molecule has 0 fully saturated rings. The van der Waals surface area contributed by atoms with Gasteiger partial charge in [-0.05, 0) is 0 Å². The molecular weight excluding hydrogens is 299 g/mol. The Morgan fingerprint density at radius 1 is 1.29 bits per heavy atom. The lowest BCUT2D eigenvalue weighted by Crippen LogP contribution is -2.09. The van der Waals surface area contributed by atoms with E-state index < -0.39 is 5.97 Å². The molecule has 0 N–H and O–H groups in total. The van der Waals surface area contributed by atoms with Gasteiger partial charge in [0.2, 0.25) is 0 Å². The molecular formula is C9H13IO4. The van der Waals surface area contributed by atoms with Crippen LogP contribution in [0.1, 0.15) is 12.8 Å². The third-order valence-electron chi connectivity index (χ3n) is 1.26. The molecule has 0 bridgehead atoms. The summed E-state index contributed by atoms with van der Waals surface area (Å²) in [5.41, 5.74) is 0. The predicted octanol–water partition coefficient (Wildman–Crippen LogP) is 1.47. The maximum absolute atomic E-state index is 10.8. The second kappa shape index (κ2) is 8.98. The average Bonchev–Trinajstić information content (AvgIpc) is 2.17. The van der Waals surface area contributed by atoms with Crippen molar-refractivity contribution in [1.29, 1.82) is 0 Å². The molecule has 0 aliphatic rings. The first-order chi connectivity index (χ1) is 6.70. The minimum Gasteiger partial charge on any atom is -0.466 e. The van der Waals surface area contributed by atoms with Gasteiger partial charge in [-0.3, -0.25) is 4.79 Å². The van der Waals surface area contributed by atoms with Gasteiger partial charge in [0.05, 0.1) is 19.6 Å². The Hall–Kier alpha value is -0.590. The molecule has 0 atom stereocenters. The van der Waals surface area contributed by atoms with Gasteiger partial charge in [-0.1, -0.05) is 29.2 Å². The van der Waals surface area contributed by atoms with E-state index in [4.69, 9.17) is 4.74 Å². The van der Waals surface area contributed by atoms with Gasteiger partial charge in [0.25, 0.3) is 0 Å². The van der Waals surface area contributed by atoms with Crippen LogP contribution >= 0.6 is 22.6 Å². The van der Waals surface area contributed by atoms with E-state index in [1.165, 1.54) is 0 Å². The number of rotatable bonds is 7. The zero-order chi connectivity index (χ0) is 10.8.